The van der Waals surface area contributed by atoms with Crippen molar-refractivity contribution in [2.24, 2.45) is 11.8 Å². The number of nitrogens with zero attached hydrogens (tertiary/aromatic N) is 1. The van der Waals surface area contributed by atoms with E-state index in [9.17, 15) is 8.42 Å². The molecule has 0 saturated carbocycles. The number of ether oxygens (including phenoxy) is 2. The van der Waals surface area contributed by atoms with Gasteiger partial charge in [0, 0.05) is 22.7 Å². The van der Waals surface area contributed by atoms with Gasteiger partial charge in [-0.05, 0) is 18.1 Å². The van der Waals surface area contributed by atoms with E-state index in [1.807, 2.05) is 19.9 Å². The van der Waals surface area contributed by atoms with E-state index in [1.165, 1.54) is 7.11 Å². The highest BCUT2D eigenvalue weighted by Gasteiger charge is 2.22. The van der Waals surface area contributed by atoms with Crippen LogP contribution in [-0.2, 0) is 9.05 Å². The van der Waals surface area contributed by atoms with Crippen LogP contribution >= 0.6 is 10.7 Å². The van der Waals surface area contributed by atoms with Crippen molar-refractivity contribution in [3.63, 3.8) is 0 Å². The van der Waals surface area contributed by atoms with Crippen molar-refractivity contribution in [3.8, 4) is 17.6 Å². The summed E-state index contributed by atoms with van der Waals surface area (Å²) < 4.78 is 33.2. The molecule has 0 radical (unpaired) electrons. The van der Waals surface area contributed by atoms with E-state index < -0.39 is 9.05 Å². The Morgan fingerprint density at radius 2 is 2.00 bits per heavy atom. The molecule has 0 heterocycles. The van der Waals surface area contributed by atoms with Crippen molar-refractivity contribution in [2.45, 2.75) is 13.8 Å². The third kappa shape index (κ3) is 5.82. The topological polar surface area (TPSA) is 76.4 Å². The molecule has 0 bridgehead atoms. The standard InChI is InChI=1S/C14H18ClNO4S/c1-10(2)12(9-21(15,17)18)8-20-13-5-4-11(7-16)6-14(13)19-3/h4-6,10,12H,8-9H2,1-3H3. The van der Waals surface area contributed by atoms with Gasteiger partial charge in [-0.2, -0.15) is 5.26 Å². The normalized spacial score (nSPS) is 12.8. The lowest BCUT2D eigenvalue weighted by Crippen LogP contribution is -2.24. The highest BCUT2D eigenvalue weighted by atomic mass is 35.7. The van der Waals surface area contributed by atoms with Crippen LogP contribution in [0.1, 0.15) is 19.4 Å². The van der Waals surface area contributed by atoms with E-state index in [1.54, 1.807) is 18.2 Å². The van der Waals surface area contributed by atoms with Crippen LogP contribution in [0.5, 0.6) is 11.5 Å². The van der Waals surface area contributed by atoms with E-state index in [4.69, 9.17) is 25.4 Å². The lowest BCUT2D eigenvalue weighted by molar-refractivity contribution is 0.217. The van der Waals surface area contributed by atoms with Crippen molar-refractivity contribution < 1.29 is 17.9 Å². The van der Waals surface area contributed by atoms with Crippen molar-refractivity contribution in [1.82, 2.24) is 0 Å². The molecule has 0 spiro atoms. The Balaban J connectivity index is 2.83. The minimum Gasteiger partial charge on any atom is -0.493 e. The number of methoxy groups -OCH3 is 1. The average molecular weight is 332 g/mol. The van der Waals surface area contributed by atoms with Crippen molar-refractivity contribution in [1.29, 1.82) is 5.26 Å². The number of hydrogen-bond acceptors (Lipinski definition) is 5. The maximum Gasteiger partial charge on any atom is 0.233 e. The summed E-state index contributed by atoms with van der Waals surface area (Å²) in [4.78, 5) is 0. The predicted molar refractivity (Wildman–Crippen MR) is 81.2 cm³/mol. The zero-order valence-corrected chi connectivity index (χ0v) is 13.7. The summed E-state index contributed by atoms with van der Waals surface area (Å²) >= 11 is 0. The van der Waals surface area contributed by atoms with Gasteiger partial charge in [0.25, 0.3) is 0 Å². The van der Waals surface area contributed by atoms with Gasteiger partial charge in [0.1, 0.15) is 0 Å². The molecule has 1 aromatic carbocycles. The molecule has 1 aromatic rings. The molecule has 1 unspecified atom stereocenters. The van der Waals surface area contributed by atoms with Gasteiger partial charge in [-0.1, -0.05) is 13.8 Å². The van der Waals surface area contributed by atoms with Crippen molar-refractivity contribution in [3.05, 3.63) is 23.8 Å². The van der Waals surface area contributed by atoms with Gasteiger partial charge in [-0.3, -0.25) is 0 Å². The Morgan fingerprint density at radius 1 is 1.33 bits per heavy atom. The fraction of sp³-hybridized carbons (Fsp3) is 0.500. The molecule has 21 heavy (non-hydrogen) atoms. The summed E-state index contributed by atoms with van der Waals surface area (Å²) in [5, 5.41) is 8.84. The molecule has 5 nitrogen and oxygen atoms in total. The zero-order chi connectivity index (χ0) is 16.0. The second-order valence-corrected chi connectivity index (χ2v) is 7.82. The Kier molecular flexibility index (Phi) is 6.31. The third-order valence-electron chi connectivity index (χ3n) is 3.10. The molecule has 0 aliphatic rings. The molecule has 0 amide bonds. The molecule has 0 aromatic heterocycles. The minimum absolute atomic E-state index is 0.0999. The first kappa shape index (κ1) is 17.6. The quantitative estimate of drug-likeness (QED) is 0.718. The fourth-order valence-electron chi connectivity index (χ4n) is 1.74. The summed E-state index contributed by atoms with van der Waals surface area (Å²) in [5.74, 6) is 0.625. The second kappa shape index (κ2) is 7.53. The minimum atomic E-state index is -3.58. The first-order chi connectivity index (χ1) is 9.76. The van der Waals surface area contributed by atoms with E-state index in [-0.39, 0.29) is 24.2 Å². The van der Waals surface area contributed by atoms with Gasteiger partial charge in [-0.25, -0.2) is 8.42 Å². The van der Waals surface area contributed by atoms with Crippen LogP contribution in [0.4, 0.5) is 0 Å². The van der Waals surface area contributed by atoms with E-state index in [2.05, 4.69) is 0 Å². The maximum absolute atomic E-state index is 11.2. The van der Waals surface area contributed by atoms with Crippen molar-refractivity contribution >= 4 is 19.7 Å². The lowest BCUT2D eigenvalue weighted by Gasteiger charge is -2.20. The van der Waals surface area contributed by atoms with Gasteiger partial charge in [-0.15, -0.1) is 0 Å². The molecule has 7 heteroatoms. The second-order valence-electron chi connectivity index (χ2n) is 5.00. The Labute approximate surface area is 129 Å². The van der Waals surface area contributed by atoms with Crippen LogP contribution in [0, 0.1) is 23.2 Å². The molecular formula is C14H18ClNO4S. The number of hydrogen-bond donors (Lipinski definition) is 0. The highest BCUT2D eigenvalue weighted by Crippen LogP contribution is 2.29. The lowest BCUT2D eigenvalue weighted by atomic mass is 9.99. The molecular weight excluding hydrogens is 314 g/mol. The predicted octanol–water partition coefficient (Wildman–Crippen LogP) is 2.79. The Bertz CT molecular complexity index is 622. The van der Waals surface area contributed by atoms with E-state index in [0.29, 0.717) is 17.1 Å². The van der Waals surface area contributed by atoms with Gasteiger partial charge < -0.3 is 9.47 Å². The van der Waals surface area contributed by atoms with Gasteiger partial charge >= 0.3 is 0 Å². The third-order valence-corrected chi connectivity index (χ3v) is 4.31. The number of rotatable bonds is 7. The molecule has 0 aliphatic carbocycles. The molecule has 1 rings (SSSR count). The summed E-state index contributed by atoms with van der Waals surface area (Å²) in [6.45, 7) is 4.02. The Morgan fingerprint density at radius 3 is 2.48 bits per heavy atom. The Hall–Kier alpha value is -1.45. The first-order valence-corrected chi connectivity index (χ1v) is 8.88. The van der Waals surface area contributed by atoms with Crippen LogP contribution in [0.25, 0.3) is 0 Å². The smallest absolute Gasteiger partial charge is 0.233 e. The molecule has 0 aliphatic heterocycles. The van der Waals surface area contributed by atoms with Crippen molar-refractivity contribution in [2.75, 3.05) is 19.5 Å². The van der Waals surface area contributed by atoms with Crippen LogP contribution < -0.4 is 9.47 Å². The number of halogens is 1. The van der Waals surface area contributed by atoms with Crippen LogP contribution in [-0.4, -0.2) is 27.9 Å². The summed E-state index contributed by atoms with van der Waals surface area (Å²) in [7, 11) is 3.21. The zero-order valence-electron chi connectivity index (χ0n) is 12.2. The van der Waals surface area contributed by atoms with Crippen LogP contribution in [0.2, 0.25) is 0 Å². The molecule has 0 saturated heterocycles. The maximum atomic E-state index is 11.2. The summed E-state index contributed by atoms with van der Waals surface area (Å²) in [5.41, 5.74) is 0.461. The molecule has 0 N–H and O–H groups in total. The van der Waals surface area contributed by atoms with Gasteiger partial charge in [0.2, 0.25) is 9.05 Å². The summed E-state index contributed by atoms with van der Waals surface area (Å²) in [6.07, 6.45) is 0. The van der Waals surface area contributed by atoms with Crippen LogP contribution in [0.3, 0.4) is 0 Å². The monoisotopic (exact) mass is 331 g/mol. The SMILES string of the molecule is COc1cc(C#N)ccc1OCC(CS(=O)(=O)Cl)C(C)C. The van der Waals surface area contributed by atoms with Crippen LogP contribution in [0.15, 0.2) is 18.2 Å². The number of benzene rings is 1. The molecule has 116 valence electrons. The largest absolute Gasteiger partial charge is 0.493 e. The average Bonchev–Trinajstić information content (AvgIpc) is 2.41. The number of nitriles is 1. The first-order valence-electron chi connectivity index (χ1n) is 6.40. The fourth-order valence-corrected chi connectivity index (χ4v) is 3.22. The van der Waals surface area contributed by atoms with Gasteiger partial charge in [0.05, 0.1) is 31.1 Å². The molecule has 0 fully saturated rings. The molecule has 1 atom stereocenters. The highest BCUT2D eigenvalue weighted by molar-refractivity contribution is 8.13. The van der Waals surface area contributed by atoms with Gasteiger partial charge in [0.15, 0.2) is 11.5 Å². The summed E-state index contributed by atoms with van der Waals surface area (Å²) in [6, 6.07) is 6.82. The van der Waals surface area contributed by atoms with E-state index >= 15 is 0 Å². The van der Waals surface area contributed by atoms with E-state index in [0.717, 1.165) is 0 Å².